The van der Waals surface area contributed by atoms with E-state index < -0.39 is 0 Å². The molecule has 0 bridgehead atoms. The Hall–Kier alpha value is -2.99. The fourth-order valence-corrected chi connectivity index (χ4v) is 4.26. The lowest BCUT2D eigenvalue weighted by molar-refractivity contribution is 0.0736. The first-order valence-corrected chi connectivity index (χ1v) is 10.0. The number of nitrogens with zero attached hydrogens (tertiary/aromatic N) is 2. The number of amides is 2. The monoisotopic (exact) mass is 391 g/mol. The topological polar surface area (TPSA) is 62.3 Å². The molecule has 0 radical (unpaired) electrons. The Kier molecular flexibility index (Phi) is 4.96. The van der Waals surface area contributed by atoms with Gasteiger partial charge < -0.3 is 4.90 Å². The SMILES string of the molecule is Cc1ccc(C(=O)Nc2nc3c(s2)CN(C(=O)c2ccccc2)CC3)cc1C. The second-order valence-corrected chi connectivity index (χ2v) is 8.07. The van der Waals surface area contributed by atoms with Crippen molar-refractivity contribution < 1.29 is 9.59 Å². The van der Waals surface area contributed by atoms with Crippen molar-refractivity contribution in [2.24, 2.45) is 0 Å². The molecule has 1 aliphatic rings. The van der Waals surface area contributed by atoms with Crippen LogP contribution in [0.1, 0.15) is 42.4 Å². The van der Waals surface area contributed by atoms with E-state index in [2.05, 4.69) is 10.3 Å². The summed E-state index contributed by atoms with van der Waals surface area (Å²) in [5.41, 5.74) is 4.53. The highest BCUT2D eigenvalue weighted by atomic mass is 32.1. The zero-order chi connectivity index (χ0) is 19.7. The van der Waals surface area contributed by atoms with Gasteiger partial charge in [-0.2, -0.15) is 0 Å². The van der Waals surface area contributed by atoms with E-state index in [1.165, 1.54) is 11.3 Å². The Bertz CT molecular complexity index is 1040. The zero-order valence-corrected chi connectivity index (χ0v) is 16.7. The number of anilines is 1. The molecule has 1 N–H and O–H groups in total. The molecular weight excluding hydrogens is 370 g/mol. The van der Waals surface area contributed by atoms with Crippen LogP contribution in [0.5, 0.6) is 0 Å². The van der Waals surface area contributed by atoms with E-state index >= 15 is 0 Å². The van der Waals surface area contributed by atoms with Crippen LogP contribution in [-0.4, -0.2) is 28.2 Å². The Morgan fingerprint density at radius 2 is 1.82 bits per heavy atom. The third-order valence-electron chi connectivity index (χ3n) is 5.03. The van der Waals surface area contributed by atoms with Gasteiger partial charge in [0.15, 0.2) is 5.13 Å². The van der Waals surface area contributed by atoms with Crippen LogP contribution >= 0.6 is 11.3 Å². The van der Waals surface area contributed by atoms with Gasteiger partial charge in [-0.3, -0.25) is 14.9 Å². The van der Waals surface area contributed by atoms with Crippen molar-refractivity contribution in [3.63, 3.8) is 0 Å². The van der Waals surface area contributed by atoms with Crippen LogP contribution in [0.15, 0.2) is 48.5 Å². The third kappa shape index (κ3) is 3.68. The molecule has 28 heavy (non-hydrogen) atoms. The molecule has 4 rings (SSSR count). The first-order valence-electron chi connectivity index (χ1n) is 9.23. The lowest BCUT2D eigenvalue weighted by Crippen LogP contribution is -2.35. The maximum Gasteiger partial charge on any atom is 0.257 e. The van der Waals surface area contributed by atoms with E-state index in [4.69, 9.17) is 0 Å². The van der Waals surface area contributed by atoms with Crippen molar-refractivity contribution in [2.45, 2.75) is 26.8 Å². The number of aromatic nitrogens is 1. The van der Waals surface area contributed by atoms with Gasteiger partial charge in [0.05, 0.1) is 12.2 Å². The van der Waals surface area contributed by atoms with Gasteiger partial charge in [0.25, 0.3) is 11.8 Å². The minimum absolute atomic E-state index is 0.0281. The van der Waals surface area contributed by atoms with E-state index in [9.17, 15) is 9.59 Å². The molecule has 2 amide bonds. The van der Waals surface area contributed by atoms with E-state index in [0.29, 0.717) is 35.8 Å². The number of nitrogens with one attached hydrogen (secondary N) is 1. The average molecular weight is 391 g/mol. The van der Waals surface area contributed by atoms with Crippen molar-refractivity contribution in [3.8, 4) is 0 Å². The summed E-state index contributed by atoms with van der Waals surface area (Å²) in [6.07, 6.45) is 0.698. The summed E-state index contributed by atoms with van der Waals surface area (Å²) in [7, 11) is 0. The summed E-state index contributed by atoms with van der Waals surface area (Å²) < 4.78 is 0. The number of hydrogen-bond acceptors (Lipinski definition) is 4. The summed E-state index contributed by atoms with van der Waals surface area (Å²) >= 11 is 1.45. The van der Waals surface area contributed by atoms with Gasteiger partial charge in [0, 0.05) is 29.0 Å². The van der Waals surface area contributed by atoms with E-state index in [-0.39, 0.29) is 11.8 Å². The molecule has 0 aliphatic carbocycles. The lowest BCUT2D eigenvalue weighted by atomic mass is 10.1. The van der Waals surface area contributed by atoms with Crippen LogP contribution < -0.4 is 5.32 Å². The molecule has 1 aromatic heterocycles. The first kappa shape index (κ1) is 18.4. The van der Waals surface area contributed by atoms with Gasteiger partial charge in [0.2, 0.25) is 0 Å². The van der Waals surface area contributed by atoms with Gasteiger partial charge >= 0.3 is 0 Å². The maximum absolute atomic E-state index is 12.7. The average Bonchev–Trinajstić information content (AvgIpc) is 3.11. The van der Waals surface area contributed by atoms with Crippen molar-refractivity contribution in [2.75, 3.05) is 11.9 Å². The Morgan fingerprint density at radius 3 is 2.57 bits per heavy atom. The molecule has 0 atom stereocenters. The largest absolute Gasteiger partial charge is 0.333 e. The quantitative estimate of drug-likeness (QED) is 0.727. The molecule has 2 heterocycles. The standard InChI is InChI=1S/C22H21N3O2S/c1-14-8-9-17(12-15(14)2)20(26)24-22-23-18-10-11-25(13-19(18)28-22)21(27)16-6-4-3-5-7-16/h3-9,12H,10-11,13H2,1-2H3,(H,23,24,26). The number of aryl methyl sites for hydroxylation is 2. The van der Waals surface area contributed by atoms with E-state index in [1.54, 1.807) is 0 Å². The molecule has 5 nitrogen and oxygen atoms in total. The van der Waals surface area contributed by atoms with E-state index in [1.807, 2.05) is 67.3 Å². The number of benzene rings is 2. The van der Waals surface area contributed by atoms with Crippen LogP contribution in [0.3, 0.4) is 0 Å². The molecule has 0 saturated heterocycles. The summed E-state index contributed by atoms with van der Waals surface area (Å²) in [5.74, 6) is -0.133. The number of thiazole rings is 1. The van der Waals surface area contributed by atoms with Crippen LogP contribution in [-0.2, 0) is 13.0 Å². The summed E-state index contributed by atoms with van der Waals surface area (Å²) in [6.45, 7) is 5.18. The van der Waals surface area contributed by atoms with Crippen molar-refractivity contribution in [1.82, 2.24) is 9.88 Å². The second kappa shape index (κ2) is 7.56. The molecule has 3 aromatic rings. The highest BCUT2D eigenvalue weighted by Gasteiger charge is 2.25. The molecule has 142 valence electrons. The van der Waals surface area contributed by atoms with Crippen LogP contribution in [0.4, 0.5) is 5.13 Å². The maximum atomic E-state index is 12.7. The second-order valence-electron chi connectivity index (χ2n) is 6.98. The van der Waals surface area contributed by atoms with Crippen molar-refractivity contribution >= 4 is 28.3 Å². The normalized spacial score (nSPS) is 13.1. The molecule has 0 fully saturated rings. The van der Waals surface area contributed by atoms with Crippen molar-refractivity contribution in [1.29, 1.82) is 0 Å². The fraction of sp³-hybridized carbons (Fsp3) is 0.227. The first-order chi connectivity index (χ1) is 13.5. The van der Waals surface area contributed by atoms with E-state index in [0.717, 1.165) is 21.7 Å². The summed E-state index contributed by atoms with van der Waals surface area (Å²) in [5, 5.41) is 3.49. The number of fused-ring (bicyclic) bond motifs is 1. The van der Waals surface area contributed by atoms with Gasteiger partial charge in [-0.15, -0.1) is 0 Å². The predicted octanol–water partition coefficient (Wildman–Crippen LogP) is 4.21. The number of carbonyl (C=O) groups excluding carboxylic acids is 2. The van der Waals surface area contributed by atoms with Gasteiger partial charge in [-0.05, 0) is 49.2 Å². The number of carbonyl (C=O) groups is 2. The third-order valence-corrected chi connectivity index (χ3v) is 6.03. The molecule has 2 aromatic carbocycles. The molecule has 0 spiro atoms. The summed E-state index contributed by atoms with van der Waals surface area (Å²) in [4.78, 5) is 32.7. The van der Waals surface area contributed by atoms with Gasteiger partial charge in [-0.25, -0.2) is 4.98 Å². The smallest absolute Gasteiger partial charge is 0.257 e. The van der Waals surface area contributed by atoms with Crippen LogP contribution in [0.25, 0.3) is 0 Å². The Labute approximate surface area is 168 Å². The van der Waals surface area contributed by atoms with Gasteiger partial charge in [0.1, 0.15) is 0 Å². The van der Waals surface area contributed by atoms with Crippen LogP contribution in [0.2, 0.25) is 0 Å². The molecule has 0 unspecified atom stereocenters. The summed E-state index contributed by atoms with van der Waals surface area (Å²) in [6, 6.07) is 15.0. The zero-order valence-electron chi connectivity index (χ0n) is 15.9. The Balaban J connectivity index is 1.47. The fourth-order valence-electron chi connectivity index (χ4n) is 3.24. The highest BCUT2D eigenvalue weighted by Crippen LogP contribution is 2.29. The van der Waals surface area contributed by atoms with Gasteiger partial charge in [-0.1, -0.05) is 35.6 Å². The minimum atomic E-state index is -0.161. The lowest BCUT2D eigenvalue weighted by Gasteiger charge is -2.26. The molecule has 0 saturated carbocycles. The Morgan fingerprint density at radius 1 is 1.04 bits per heavy atom. The number of rotatable bonds is 3. The molecular formula is C22H21N3O2S. The van der Waals surface area contributed by atoms with Crippen molar-refractivity contribution in [3.05, 3.63) is 81.4 Å². The molecule has 6 heteroatoms. The predicted molar refractivity (Wildman–Crippen MR) is 111 cm³/mol. The number of hydrogen-bond donors (Lipinski definition) is 1. The minimum Gasteiger partial charge on any atom is -0.333 e. The molecule has 1 aliphatic heterocycles. The van der Waals surface area contributed by atoms with Crippen LogP contribution in [0, 0.1) is 13.8 Å². The highest BCUT2D eigenvalue weighted by molar-refractivity contribution is 7.15.